The third-order valence-corrected chi connectivity index (χ3v) is 5.73. The maximum Gasteiger partial charge on any atom is 0.343 e. The number of ether oxygens (including phenoxy) is 3. The molecule has 0 radical (unpaired) electrons. The van der Waals surface area contributed by atoms with Crippen molar-refractivity contribution in [3.63, 3.8) is 0 Å². The summed E-state index contributed by atoms with van der Waals surface area (Å²) in [6.45, 7) is 1.92. The first-order valence-electron chi connectivity index (χ1n) is 9.51. The molecular weight excluding hydrogens is 420 g/mol. The van der Waals surface area contributed by atoms with E-state index in [-0.39, 0.29) is 16.9 Å². The van der Waals surface area contributed by atoms with Crippen LogP contribution in [-0.4, -0.2) is 40.6 Å². The molecule has 0 saturated carbocycles. The molecule has 31 heavy (non-hydrogen) atoms. The van der Waals surface area contributed by atoms with Crippen molar-refractivity contribution in [2.75, 3.05) is 20.0 Å². The van der Waals surface area contributed by atoms with Gasteiger partial charge in [0.25, 0.3) is 5.56 Å². The van der Waals surface area contributed by atoms with Crippen molar-refractivity contribution in [1.82, 2.24) is 9.55 Å². The summed E-state index contributed by atoms with van der Waals surface area (Å²) in [6.07, 6.45) is -1.13. The monoisotopic (exact) mass is 440 g/mol. The lowest BCUT2D eigenvalue weighted by Crippen LogP contribution is -2.27. The van der Waals surface area contributed by atoms with Gasteiger partial charge in [-0.2, -0.15) is 4.98 Å². The van der Waals surface area contributed by atoms with Gasteiger partial charge in [-0.05, 0) is 24.0 Å². The molecule has 0 bridgehead atoms. The Labute approximate surface area is 182 Å². The van der Waals surface area contributed by atoms with Gasteiger partial charge in [-0.15, -0.1) is 0 Å². The van der Waals surface area contributed by atoms with Gasteiger partial charge < -0.3 is 19.3 Å². The van der Waals surface area contributed by atoms with E-state index in [2.05, 4.69) is 4.98 Å². The van der Waals surface area contributed by atoms with Crippen molar-refractivity contribution in [3.05, 3.63) is 69.5 Å². The van der Waals surface area contributed by atoms with Crippen LogP contribution in [0, 0.1) is 0 Å². The van der Waals surface area contributed by atoms with Gasteiger partial charge in [-0.3, -0.25) is 9.36 Å². The highest BCUT2D eigenvalue weighted by Crippen LogP contribution is 2.45. The van der Waals surface area contributed by atoms with Crippen molar-refractivity contribution in [3.8, 4) is 23.1 Å². The third kappa shape index (κ3) is 3.40. The summed E-state index contributed by atoms with van der Waals surface area (Å²) in [5, 5.41) is 11.0. The summed E-state index contributed by atoms with van der Waals surface area (Å²) in [7, 11) is 2.87. The van der Waals surface area contributed by atoms with Crippen molar-refractivity contribution in [2.24, 2.45) is 0 Å². The molecule has 0 amide bonds. The molecule has 1 atom stereocenters. The zero-order valence-electron chi connectivity index (χ0n) is 17.1. The number of methoxy groups -OCH3 is 2. The van der Waals surface area contributed by atoms with Gasteiger partial charge in [0.05, 0.1) is 19.9 Å². The molecule has 1 aromatic heterocycles. The average molecular weight is 440 g/mol. The molecule has 1 aliphatic rings. The zero-order valence-corrected chi connectivity index (χ0v) is 17.9. The van der Waals surface area contributed by atoms with Crippen molar-refractivity contribution < 1.29 is 24.1 Å². The zero-order chi connectivity index (χ0) is 22.1. The number of carbonyl (C=O) groups excluding carboxylic acids is 1. The van der Waals surface area contributed by atoms with E-state index in [1.54, 1.807) is 36.4 Å². The van der Waals surface area contributed by atoms with Crippen molar-refractivity contribution in [1.29, 1.82) is 0 Å². The first kappa shape index (κ1) is 20.8. The van der Waals surface area contributed by atoms with Crippen LogP contribution in [0.3, 0.4) is 0 Å². The second-order valence-electron chi connectivity index (χ2n) is 6.59. The number of hydrogen-bond acceptors (Lipinski definition) is 8. The predicted molar refractivity (Wildman–Crippen MR) is 115 cm³/mol. The van der Waals surface area contributed by atoms with E-state index in [0.29, 0.717) is 27.9 Å². The molecule has 0 spiro atoms. The van der Waals surface area contributed by atoms with Crippen molar-refractivity contribution in [2.45, 2.75) is 18.2 Å². The number of rotatable bonds is 6. The highest BCUT2D eigenvalue weighted by atomic mass is 32.2. The molecule has 9 heteroatoms. The number of aromatic hydroxyl groups is 1. The van der Waals surface area contributed by atoms with Crippen LogP contribution in [0.2, 0.25) is 0 Å². The molecule has 1 N–H and O–H groups in total. The van der Waals surface area contributed by atoms with Gasteiger partial charge in [0.2, 0.25) is 5.88 Å². The molecular formula is C22H20N2O6S. The van der Waals surface area contributed by atoms with Crippen LogP contribution in [0.1, 0.15) is 34.5 Å². The van der Waals surface area contributed by atoms with Gasteiger partial charge in [0, 0.05) is 5.56 Å². The second-order valence-corrected chi connectivity index (χ2v) is 7.82. The van der Waals surface area contributed by atoms with E-state index in [1.165, 1.54) is 30.5 Å². The molecule has 0 saturated heterocycles. The lowest BCUT2D eigenvalue weighted by molar-refractivity contribution is 0.0447. The van der Waals surface area contributed by atoms with E-state index in [0.717, 1.165) is 0 Å². The Hall–Kier alpha value is -3.46. The van der Waals surface area contributed by atoms with Gasteiger partial charge >= 0.3 is 5.97 Å². The van der Waals surface area contributed by atoms with Crippen LogP contribution in [0.5, 0.6) is 17.4 Å². The van der Waals surface area contributed by atoms with Gasteiger partial charge in [0.1, 0.15) is 11.1 Å². The fourth-order valence-electron chi connectivity index (χ4n) is 3.58. The minimum absolute atomic E-state index is 0.122. The number of benzene rings is 2. The van der Waals surface area contributed by atoms with Crippen LogP contribution in [0.25, 0.3) is 5.69 Å². The number of para-hydroxylation sites is 1. The van der Waals surface area contributed by atoms with Crippen molar-refractivity contribution >= 4 is 17.7 Å². The third-order valence-electron chi connectivity index (χ3n) is 4.91. The van der Waals surface area contributed by atoms with Gasteiger partial charge in [-0.25, -0.2) is 4.79 Å². The molecule has 160 valence electrons. The maximum atomic E-state index is 13.6. The summed E-state index contributed by atoms with van der Waals surface area (Å²) >= 11 is 1.32. The standard InChI is InChI=1S/C22H20N2O6S/c1-4-31-22-23-19(25)16(20(26)24(22)12-8-6-5-7-9-12)17-13-10-11-14(28-2)18(29-3)15(13)21(27)30-17/h5-11,17,25H,4H2,1-3H3/t17-/m1/s1. The quantitative estimate of drug-likeness (QED) is 0.354. The molecule has 2 heterocycles. The Kier molecular flexibility index (Phi) is 5.60. The highest BCUT2D eigenvalue weighted by molar-refractivity contribution is 7.99. The Bertz CT molecular complexity index is 1210. The molecule has 1 aliphatic heterocycles. The van der Waals surface area contributed by atoms with E-state index in [1.807, 2.05) is 13.0 Å². The Balaban J connectivity index is 1.96. The van der Waals surface area contributed by atoms with Crippen LogP contribution in [0.4, 0.5) is 0 Å². The number of esters is 1. The fourth-order valence-corrected chi connectivity index (χ4v) is 4.31. The lowest BCUT2D eigenvalue weighted by atomic mass is 9.99. The second kappa shape index (κ2) is 8.35. The molecule has 8 nitrogen and oxygen atoms in total. The highest BCUT2D eigenvalue weighted by Gasteiger charge is 2.40. The number of cyclic esters (lactones) is 1. The number of hydrogen-bond donors (Lipinski definition) is 1. The number of thioether (sulfide) groups is 1. The summed E-state index contributed by atoms with van der Waals surface area (Å²) in [5.41, 5.74) is 0.504. The molecule has 4 rings (SSSR count). The number of aromatic nitrogens is 2. The van der Waals surface area contributed by atoms with E-state index < -0.39 is 23.5 Å². The molecule has 3 aromatic rings. The Morgan fingerprint density at radius 2 is 1.87 bits per heavy atom. The van der Waals surface area contributed by atoms with Crippen LogP contribution in [0.15, 0.2) is 52.4 Å². The van der Waals surface area contributed by atoms with Crippen LogP contribution < -0.4 is 15.0 Å². The Morgan fingerprint density at radius 1 is 1.13 bits per heavy atom. The molecule has 2 aromatic carbocycles. The fraction of sp³-hybridized carbons (Fsp3) is 0.227. The average Bonchev–Trinajstić information content (AvgIpc) is 3.10. The lowest BCUT2D eigenvalue weighted by Gasteiger charge is -2.17. The first-order chi connectivity index (χ1) is 15.0. The Morgan fingerprint density at radius 3 is 2.52 bits per heavy atom. The smallest absolute Gasteiger partial charge is 0.343 e. The van der Waals surface area contributed by atoms with Gasteiger partial charge in [-0.1, -0.05) is 43.0 Å². The predicted octanol–water partition coefficient (Wildman–Crippen LogP) is 3.33. The van der Waals surface area contributed by atoms with E-state index >= 15 is 0 Å². The largest absolute Gasteiger partial charge is 0.493 e. The minimum Gasteiger partial charge on any atom is -0.493 e. The number of carbonyl (C=O) groups is 1. The van der Waals surface area contributed by atoms with E-state index in [9.17, 15) is 14.7 Å². The summed E-state index contributed by atoms with van der Waals surface area (Å²) < 4.78 is 17.5. The van der Waals surface area contributed by atoms with Crippen LogP contribution in [-0.2, 0) is 4.74 Å². The molecule has 0 unspecified atom stereocenters. The summed E-state index contributed by atoms with van der Waals surface area (Å²) in [6, 6.07) is 12.2. The SMILES string of the molecule is CCSc1nc(O)c([C@@H]2OC(=O)c3c2ccc(OC)c3OC)c(=O)n1-c1ccccc1. The summed E-state index contributed by atoms with van der Waals surface area (Å²) in [4.78, 5) is 30.5. The molecule has 0 aliphatic carbocycles. The minimum atomic E-state index is -1.13. The summed E-state index contributed by atoms with van der Waals surface area (Å²) in [5.74, 6) is 0.0662. The number of nitrogens with zero attached hydrogens (tertiary/aromatic N) is 2. The van der Waals surface area contributed by atoms with E-state index in [4.69, 9.17) is 14.2 Å². The topological polar surface area (TPSA) is 99.9 Å². The molecule has 0 fully saturated rings. The number of fused-ring (bicyclic) bond motifs is 1. The normalized spacial score (nSPS) is 14.8. The maximum absolute atomic E-state index is 13.6. The first-order valence-corrected chi connectivity index (χ1v) is 10.5. The van der Waals surface area contributed by atoms with Crippen LogP contribution >= 0.6 is 11.8 Å². The van der Waals surface area contributed by atoms with Gasteiger partial charge in [0.15, 0.2) is 22.8 Å².